The number of piperazine rings is 1. The van der Waals surface area contributed by atoms with Gasteiger partial charge in [-0.05, 0) is 50.5 Å². The zero-order valence-electron chi connectivity index (χ0n) is 17.3. The molecule has 0 bridgehead atoms. The van der Waals surface area contributed by atoms with Gasteiger partial charge in [0.1, 0.15) is 0 Å². The Bertz CT molecular complexity index is 855. The van der Waals surface area contributed by atoms with E-state index in [1.165, 1.54) is 31.4 Å². The molecule has 1 amide bonds. The number of benzene rings is 1. The Morgan fingerprint density at radius 3 is 2.47 bits per heavy atom. The molecule has 2 aliphatic rings. The number of carbonyl (C=O) groups is 1. The number of halogens is 1. The highest BCUT2D eigenvalue weighted by molar-refractivity contribution is 5.78. The van der Waals surface area contributed by atoms with E-state index in [2.05, 4.69) is 26.9 Å². The molecule has 2 saturated heterocycles. The monoisotopic (exact) mass is 413 g/mol. The van der Waals surface area contributed by atoms with Crippen LogP contribution in [-0.2, 0) is 4.79 Å². The lowest BCUT2D eigenvalue weighted by Crippen LogP contribution is -2.50. The minimum atomic E-state index is -0.462. The van der Waals surface area contributed by atoms with E-state index in [0.29, 0.717) is 32.2 Å². The molecule has 0 N–H and O–H groups in total. The molecule has 1 unspecified atom stereocenters. The molecule has 4 rings (SSSR count). The predicted octanol–water partition coefficient (Wildman–Crippen LogP) is 2.72. The molecule has 0 saturated carbocycles. The van der Waals surface area contributed by atoms with E-state index in [-0.39, 0.29) is 18.3 Å². The van der Waals surface area contributed by atoms with Crippen molar-refractivity contribution < 1.29 is 13.9 Å². The van der Waals surface area contributed by atoms with E-state index in [0.717, 1.165) is 18.2 Å². The molecule has 30 heavy (non-hydrogen) atoms. The van der Waals surface area contributed by atoms with Gasteiger partial charge in [0.15, 0.2) is 29.8 Å². The third-order valence-corrected chi connectivity index (χ3v) is 5.88. The smallest absolute Gasteiger partial charge is 0.260 e. The largest absolute Gasteiger partial charge is 0.481 e. The normalized spacial score (nSPS) is 19.7. The van der Waals surface area contributed by atoms with E-state index in [1.54, 1.807) is 17.0 Å². The fourth-order valence-electron chi connectivity index (χ4n) is 4.06. The SMILES string of the molecule is CC1CCCCN1c1ccc(N2CCN(C(=O)COc3ccccc3F)CC2)nn1. The molecule has 1 aromatic heterocycles. The summed E-state index contributed by atoms with van der Waals surface area (Å²) in [4.78, 5) is 18.6. The molecule has 3 heterocycles. The zero-order valence-corrected chi connectivity index (χ0v) is 17.3. The fourth-order valence-corrected chi connectivity index (χ4v) is 4.06. The highest BCUT2D eigenvalue weighted by Crippen LogP contribution is 2.24. The molecule has 2 aromatic rings. The van der Waals surface area contributed by atoms with Gasteiger partial charge >= 0.3 is 0 Å². The molecule has 0 radical (unpaired) electrons. The maximum atomic E-state index is 13.6. The van der Waals surface area contributed by atoms with Crippen molar-refractivity contribution in [2.75, 3.05) is 49.1 Å². The van der Waals surface area contributed by atoms with Crippen molar-refractivity contribution >= 4 is 17.5 Å². The first-order chi connectivity index (χ1) is 14.6. The zero-order chi connectivity index (χ0) is 20.9. The highest BCUT2D eigenvalue weighted by Gasteiger charge is 2.24. The number of piperidine rings is 1. The van der Waals surface area contributed by atoms with Crippen molar-refractivity contribution in [3.63, 3.8) is 0 Å². The lowest BCUT2D eigenvalue weighted by Gasteiger charge is -2.36. The van der Waals surface area contributed by atoms with E-state index in [9.17, 15) is 9.18 Å². The van der Waals surface area contributed by atoms with Crippen LogP contribution < -0.4 is 14.5 Å². The van der Waals surface area contributed by atoms with Crippen molar-refractivity contribution in [3.05, 3.63) is 42.2 Å². The molecular formula is C22H28FN5O2. The van der Waals surface area contributed by atoms with E-state index >= 15 is 0 Å². The van der Waals surface area contributed by atoms with Gasteiger partial charge in [0.05, 0.1) is 0 Å². The highest BCUT2D eigenvalue weighted by atomic mass is 19.1. The summed E-state index contributed by atoms with van der Waals surface area (Å²) >= 11 is 0. The summed E-state index contributed by atoms with van der Waals surface area (Å²) in [6, 6.07) is 10.7. The Morgan fingerprint density at radius 1 is 1.03 bits per heavy atom. The standard InChI is InChI=1S/C22H28FN5O2/c1-17-6-4-5-11-28(17)21-10-9-20(24-25-21)26-12-14-27(15-13-26)22(29)16-30-19-8-3-2-7-18(19)23/h2-3,7-10,17H,4-6,11-16H2,1H3. The Hall–Kier alpha value is -2.90. The summed E-state index contributed by atoms with van der Waals surface area (Å²) < 4.78 is 19.0. The van der Waals surface area contributed by atoms with E-state index in [4.69, 9.17) is 4.74 Å². The Kier molecular flexibility index (Phi) is 6.30. The number of rotatable bonds is 5. The second-order valence-electron chi connectivity index (χ2n) is 7.87. The average molecular weight is 413 g/mol. The quantitative estimate of drug-likeness (QED) is 0.751. The summed E-state index contributed by atoms with van der Waals surface area (Å²) in [5, 5.41) is 8.88. The van der Waals surface area contributed by atoms with Crippen LogP contribution in [0.5, 0.6) is 5.75 Å². The minimum absolute atomic E-state index is 0.0999. The first-order valence-electron chi connectivity index (χ1n) is 10.6. The van der Waals surface area contributed by atoms with Gasteiger partial charge in [-0.3, -0.25) is 4.79 Å². The number of nitrogens with zero attached hydrogens (tertiary/aromatic N) is 5. The molecule has 1 aromatic carbocycles. The second-order valence-corrected chi connectivity index (χ2v) is 7.87. The van der Waals surface area contributed by atoms with E-state index in [1.807, 2.05) is 12.1 Å². The summed E-state index contributed by atoms with van der Waals surface area (Å²) in [6.07, 6.45) is 3.67. The van der Waals surface area contributed by atoms with Crippen LogP contribution in [0, 0.1) is 5.82 Å². The molecule has 0 spiro atoms. The number of hydrogen-bond acceptors (Lipinski definition) is 6. The maximum absolute atomic E-state index is 13.6. The number of ether oxygens (including phenoxy) is 1. The van der Waals surface area contributed by atoms with Gasteiger partial charge in [0.2, 0.25) is 0 Å². The number of para-hydroxylation sites is 1. The first kappa shape index (κ1) is 20.4. The summed E-state index contributed by atoms with van der Waals surface area (Å²) in [7, 11) is 0. The molecule has 2 aliphatic heterocycles. The van der Waals surface area contributed by atoms with Gasteiger partial charge in [-0.15, -0.1) is 10.2 Å². The average Bonchev–Trinajstić information content (AvgIpc) is 2.79. The van der Waals surface area contributed by atoms with Crippen LogP contribution in [0.1, 0.15) is 26.2 Å². The molecule has 8 heteroatoms. The fraction of sp³-hybridized carbons (Fsp3) is 0.500. The topological polar surface area (TPSA) is 61.8 Å². The minimum Gasteiger partial charge on any atom is -0.481 e. The van der Waals surface area contributed by atoms with Gasteiger partial charge < -0.3 is 19.4 Å². The molecular weight excluding hydrogens is 385 g/mol. The van der Waals surface area contributed by atoms with Crippen molar-refractivity contribution in [1.82, 2.24) is 15.1 Å². The number of carbonyl (C=O) groups excluding carboxylic acids is 1. The number of hydrogen-bond donors (Lipinski definition) is 0. The summed E-state index contributed by atoms with van der Waals surface area (Å²) in [5.41, 5.74) is 0. The van der Waals surface area contributed by atoms with Gasteiger partial charge in [0.25, 0.3) is 5.91 Å². The molecule has 0 aliphatic carbocycles. The second kappa shape index (κ2) is 9.28. The third-order valence-electron chi connectivity index (χ3n) is 5.88. The van der Waals surface area contributed by atoms with E-state index < -0.39 is 5.82 Å². The summed E-state index contributed by atoms with van der Waals surface area (Å²) in [6.45, 7) is 5.62. The predicted molar refractivity (Wildman–Crippen MR) is 113 cm³/mol. The molecule has 7 nitrogen and oxygen atoms in total. The number of aromatic nitrogens is 2. The maximum Gasteiger partial charge on any atom is 0.260 e. The molecule has 1 atom stereocenters. The van der Waals surface area contributed by atoms with Crippen molar-refractivity contribution in [3.8, 4) is 5.75 Å². The Labute approximate surface area is 176 Å². The number of anilines is 2. The molecule has 160 valence electrons. The van der Waals surface area contributed by atoms with Crippen LogP contribution in [0.2, 0.25) is 0 Å². The van der Waals surface area contributed by atoms with Crippen molar-refractivity contribution in [2.45, 2.75) is 32.2 Å². The van der Waals surface area contributed by atoms with Crippen LogP contribution in [-0.4, -0.2) is 66.4 Å². The van der Waals surface area contributed by atoms with Crippen LogP contribution in [0.3, 0.4) is 0 Å². The van der Waals surface area contributed by atoms with Crippen LogP contribution in [0.25, 0.3) is 0 Å². The lowest BCUT2D eigenvalue weighted by molar-refractivity contribution is -0.133. The molecule has 2 fully saturated rings. The first-order valence-corrected chi connectivity index (χ1v) is 10.6. The van der Waals surface area contributed by atoms with Gasteiger partial charge in [0, 0.05) is 38.8 Å². The van der Waals surface area contributed by atoms with Crippen LogP contribution in [0.15, 0.2) is 36.4 Å². The Balaban J connectivity index is 1.28. The Morgan fingerprint density at radius 2 is 1.77 bits per heavy atom. The van der Waals surface area contributed by atoms with Gasteiger partial charge in [-0.25, -0.2) is 4.39 Å². The number of amides is 1. The summed E-state index contributed by atoms with van der Waals surface area (Å²) in [5.74, 6) is 1.26. The van der Waals surface area contributed by atoms with Crippen molar-refractivity contribution in [2.24, 2.45) is 0 Å². The lowest BCUT2D eigenvalue weighted by atomic mass is 10.0. The van der Waals surface area contributed by atoms with Gasteiger partial charge in [-0.2, -0.15) is 0 Å². The van der Waals surface area contributed by atoms with Gasteiger partial charge in [-0.1, -0.05) is 12.1 Å². The van der Waals surface area contributed by atoms with Crippen LogP contribution in [0.4, 0.5) is 16.0 Å². The third kappa shape index (κ3) is 4.63. The van der Waals surface area contributed by atoms with Crippen molar-refractivity contribution in [1.29, 1.82) is 0 Å². The van der Waals surface area contributed by atoms with Crippen LogP contribution >= 0.6 is 0 Å².